The Bertz CT molecular complexity index is 146. The average molecular weight is 251 g/mol. The maximum absolute atomic E-state index is 9.57. The summed E-state index contributed by atoms with van der Waals surface area (Å²) in [5, 5.41) is 9.57. The first-order valence-electron chi connectivity index (χ1n) is 5.73. The number of rotatable bonds is 7. The first-order valence-corrected chi connectivity index (χ1v) is 7.95. The molecule has 97 valence electrons. The van der Waals surface area contributed by atoms with Gasteiger partial charge in [0.15, 0.2) is 0 Å². The van der Waals surface area contributed by atoms with Crippen molar-refractivity contribution in [1.82, 2.24) is 0 Å². The fourth-order valence-electron chi connectivity index (χ4n) is 1.08. The van der Waals surface area contributed by atoms with E-state index in [0.29, 0.717) is 26.4 Å². The Labute approximate surface area is 99.0 Å². The summed E-state index contributed by atoms with van der Waals surface area (Å²) in [5.41, 5.74) is 0. The van der Waals surface area contributed by atoms with Crippen LogP contribution in [0.5, 0.6) is 0 Å². The summed E-state index contributed by atoms with van der Waals surface area (Å²) >= 11 is 0. The van der Waals surface area contributed by atoms with Crippen molar-refractivity contribution in [3.63, 3.8) is 0 Å². The van der Waals surface area contributed by atoms with E-state index in [1.807, 2.05) is 27.3 Å². The van der Waals surface area contributed by atoms with Gasteiger partial charge in [-0.2, -0.15) is 0 Å². The minimum Gasteiger partial charge on any atom is -0.374 e. The molecule has 0 spiro atoms. The van der Waals surface area contributed by atoms with E-state index in [9.17, 15) is 5.11 Å². The third-order valence-corrected chi connectivity index (χ3v) is 4.25. The molecule has 0 N–H and O–H groups in total. The molecular formula is C10H23O5Si. The van der Waals surface area contributed by atoms with Gasteiger partial charge in [0.25, 0.3) is 0 Å². The summed E-state index contributed by atoms with van der Waals surface area (Å²) in [6, 6.07) is 0. The van der Waals surface area contributed by atoms with Crippen LogP contribution in [0, 0.1) is 0 Å². The maximum atomic E-state index is 9.57. The molecule has 0 bridgehead atoms. The molecule has 0 amide bonds. The lowest BCUT2D eigenvalue weighted by molar-refractivity contribution is 0.0783. The molecular weight excluding hydrogens is 228 g/mol. The molecule has 0 aromatic carbocycles. The lowest BCUT2D eigenvalue weighted by atomic mass is 10.5. The van der Waals surface area contributed by atoms with Gasteiger partial charge < -0.3 is 18.0 Å². The molecule has 1 radical (unpaired) electrons. The molecule has 16 heavy (non-hydrogen) atoms. The monoisotopic (exact) mass is 251 g/mol. The van der Waals surface area contributed by atoms with E-state index in [2.05, 4.69) is 4.74 Å². The standard InChI is InChI=1S/C7H18O3Si.C3H5O2/c1-5-8-11(4,9-6-2)10-7-3;4-1-3-2-5-3/h5-7H2,1-4H3;3H,1-2H2. The predicted molar refractivity (Wildman–Crippen MR) is 61.8 cm³/mol. The van der Waals surface area contributed by atoms with Crippen LogP contribution in [0.1, 0.15) is 20.8 Å². The summed E-state index contributed by atoms with van der Waals surface area (Å²) in [6.07, 6.45) is 0.0787. The van der Waals surface area contributed by atoms with Crippen molar-refractivity contribution in [2.45, 2.75) is 33.4 Å². The first kappa shape index (κ1) is 16.0. The Morgan fingerprint density at radius 2 is 1.50 bits per heavy atom. The van der Waals surface area contributed by atoms with Crippen molar-refractivity contribution in [3.05, 3.63) is 0 Å². The van der Waals surface area contributed by atoms with Crippen LogP contribution in [0.25, 0.3) is 0 Å². The van der Waals surface area contributed by atoms with Crippen LogP contribution in [-0.4, -0.2) is 47.9 Å². The molecule has 6 heteroatoms. The van der Waals surface area contributed by atoms with Gasteiger partial charge in [-0.25, -0.2) is 5.11 Å². The normalized spacial score (nSPS) is 18.9. The van der Waals surface area contributed by atoms with E-state index in [1.54, 1.807) is 0 Å². The van der Waals surface area contributed by atoms with Crippen molar-refractivity contribution in [1.29, 1.82) is 0 Å². The van der Waals surface area contributed by atoms with E-state index in [4.69, 9.17) is 13.3 Å². The van der Waals surface area contributed by atoms with Crippen molar-refractivity contribution in [2.75, 3.05) is 33.0 Å². The molecule has 1 aliphatic rings. The van der Waals surface area contributed by atoms with Crippen LogP contribution in [0.3, 0.4) is 0 Å². The minimum atomic E-state index is -2.25. The number of epoxide rings is 1. The lowest BCUT2D eigenvalue weighted by Crippen LogP contribution is -2.42. The lowest BCUT2D eigenvalue weighted by Gasteiger charge is -2.23. The number of hydrogen-bond acceptors (Lipinski definition) is 4. The van der Waals surface area contributed by atoms with E-state index >= 15 is 0 Å². The topological polar surface area (TPSA) is 60.1 Å². The highest BCUT2D eigenvalue weighted by Crippen LogP contribution is 2.08. The molecule has 0 aromatic rings. The zero-order chi connectivity index (χ0) is 12.4. The van der Waals surface area contributed by atoms with Crippen LogP contribution in [0.15, 0.2) is 0 Å². The second kappa shape index (κ2) is 9.09. The Morgan fingerprint density at radius 3 is 1.62 bits per heavy atom. The third-order valence-electron chi connectivity index (χ3n) is 1.81. The molecule has 1 atom stereocenters. The Balaban J connectivity index is 0.000000368. The fourth-order valence-corrected chi connectivity index (χ4v) is 2.90. The Hall–Kier alpha value is 0.0169. The molecule has 1 fully saturated rings. The summed E-state index contributed by atoms with van der Waals surface area (Å²) in [5.74, 6) is 0. The van der Waals surface area contributed by atoms with Crippen LogP contribution >= 0.6 is 0 Å². The molecule has 1 unspecified atom stereocenters. The highest BCUT2D eigenvalue weighted by Gasteiger charge is 2.32. The van der Waals surface area contributed by atoms with Gasteiger partial charge in [0.05, 0.1) is 6.61 Å². The number of ether oxygens (including phenoxy) is 1. The fraction of sp³-hybridized carbons (Fsp3) is 1.00. The van der Waals surface area contributed by atoms with Crippen LogP contribution in [0.2, 0.25) is 6.55 Å². The molecule has 5 nitrogen and oxygen atoms in total. The SMILES string of the molecule is CCO[Si](C)(OCC)OCC.[O]CC1CO1. The van der Waals surface area contributed by atoms with Gasteiger partial charge in [-0.3, -0.25) is 0 Å². The van der Waals surface area contributed by atoms with Gasteiger partial charge in [-0.1, -0.05) is 0 Å². The van der Waals surface area contributed by atoms with Gasteiger partial charge in [0.2, 0.25) is 0 Å². The predicted octanol–water partition coefficient (Wildman–Crippen LogP) is 1.48. The molecule has 1 heterocycles. The van der Waals surface area contributed by atoms with E-state index in [-0.39, 0.29) is 12.7 Å². The summed E-state index contributed by atoms with van der Waals surface area (Å²) in [6.45, 7) is 10.4. The second-order valence-electron chi connectivity index (χ2n) is 3.28. The molecule has 1 saturated heterocycles. The summed E-state index contributed by atoms with van der Waals surface area (Å²) < 4.78 is 20.8. The molecule has 0 aliphatic carbocycles. The average Bonchev–Trinajstić information content (AvgIpc) is 3.02. The van der Waals surface area contributed by atoms with Gasteiger partial charge in [-0.05, 0) is 20.8 Å². The zero-order valence-electron chi connectivity index (χ0n) is 10.7. The van der Waals surface area contributed by atoms with Gasteiger partial charge in [0.1, 0.15) is 12.7 Å². The Morgan fingerprint density at radius 1 is 1.12 bits per heavy atom. The maximum Gasteiger partial charge on any atom is 0.497 e. The Kier molecular flexibility index (Phi) is 9.10. The van der Waals surface area contributed by atoms with Crippen molar-refractivity contribution in [2.24, 2.45) is 0 Å². The minimum absolute atomic E-state index is 0.0556. The van der Waals surface area contributed by atoms with Gasteiger partial charge in [0, 0.05) is 26.4 Å². The van der Waals surface area contributed by atoms with Crippen LogP contribution < -0.4 is 0 Å². The van der Waals surface area contributed by atoms with Gasteiger partial charge >= 0.3 is 8.80 Å². The molecule has 0 saturated carbocycles. The zero-order valence-corrected chi connectivity index (χ0v) is 11.7. The molecule has 1 aliphatic heterocycles. The molecule has 0 aromatic heterocycles. The quantitative estimate of drug-likeness (QED) is 0.508. The van der Waals surface area contributed by atoms with Crippen molar-refractivity contribution in [3.8, 4) is 0 Å². The van der Waals surface area contributed by atoms with Gasteiger partial charge in [-0.15, -0.1) is 0 Å². The summed E-state index contributed by atoms with van der Waals surface area (Å²) in [4.78, 5) is 0. The first-order chi connectivity index (χ1) is 7.61. The van der Waals surface area contributed by atoms with E-state index < -0.39 is 8.80 Å². The highest BCUT2D eigenvalue weighted by atomic mass is 28.4. The van der Waals surface area contributed by atoms with Crippen LogP contribution in [0.4, 0.5) is 0 Å². The van der Waals surface area contributed by atoms with Crippen molar-refractivity contribution < 1.29 is 23.1 Å². The van der Waals surface area contributed by atoms with Crippen molar-refractivity contribution >= 4 is 8.80 Å². The smallest absolute Gasteiger partial charge is 0.374 e. The molecule has 1 rings (SSSR count). The van der Waals surface area contributed by atoms with E-state index in [0.717, 1.165) is 0 Å². The van der Waals surface area contributed by atoms with Crippen LogP contribution in [-0.2, 0) is 23.1 Å². The summed E-state index contributed by atoms with van der Waals surface area (Å²) in [7, 11) is -2.25. The third kappa shape index (κ3) is 8.20. The largest absolute Gasteiger partial charge is 0.497 e. The number of hydrogen-bond donors (Lipinski definition) is 0. The highest BCUT2D eigenvalue weighted by molar-refractivity contribution is 6.59. The van der Waals surface area contributed by atoms with E-state index in [1.165, 1.54) is 0 Å². The second-order valence-corrected chi connectivity index (χ2v) is 5.87.